The van der Waals surface area contributed by atoms with Gasteiger partial charge in [0.2, 0.25) is 5.91 Å². The third-order valence-corrected chi connectivity index (χ3v) is 5.23. The molecule has 3 aliphatic rings. The van der Waals surface area contributed by atoms with Crippen molar-refractivity contribution >= 4 is 5.91 Å². The molecular weight excluding hydrogens is 236 g/mol. The summed E-state index contributed by atoms with van der Waals surface area (Å²) in [5.74, 6) is 2.66. The van der Waals surface area contributed by atoms with Gasteiger partial charge < -0.3 is 10.2 Å². The zero-order valence-electron chi connectivity index (χ0n) is 12.0. The molecule has 0 spiro atoms. The average Bonchev–Trinajstić information content (AvgIpc) is 3.08. The van der Waals surface area contributed by atoms with Crippen molar-refractivity contribution in [1.29, 1.82) is 0 Å². The molecule has 106 valence electrons. The molecule has 2 aliphatic carbocycles. The molecule has 1 heterocycles. The summed E-state index contributed by atoms with van der Waals surface area (Å²) < 4.78 is 0. The highest BCUT2D eigenvalue weighted by molar-refractivity contribution is 5.80. The highest BCUT2D eigenvalue weighted by Gasteiger charge is 2.41. The van der Waals surface area contributed by atoms with E-state index in [0.717, 1.165) is 32.6 Å². The molecule has 3 rings (SSSR count). The molecule has 1 saturated carbocycles. The highest BCUT2D eigenvalue weighted by Crippen LogP contribution is 2.44. The summed E-state index contributed by atoms with van der Waals surface area (Å²) in [5.41, 5.74) is 0. The predicted molar refractivity (Wildman–Crippen MR) is 76.7 cm³/mol. The fraction of sp³-hybridized carbons (Fsp3) is 0.812. The van der Waals surface area contributed by atoms with Gasteiger partial charge in [-0.1, -0.05) is 12.2 Å². The summed E-state index contributed by atoms with van der Waals surface area (Å²) in [7, 11) is 0. The Morgan fingerprint density at radius 2 is 2.05 bits per heavy atom. The SMILES string of the molecule is CCN(CC1CCNCC1)C(=O)C1CC2C=CC1C2. The smallest absolute Gasteiger partial charge is 0.226 e. The second kappa shape index (κ2) is 5.66. The van der Waals surface area contributed by atoms with Gasteiger partial charge in [-0.05, 0) is 63.5 Å². The van der Waals surface area contributed by atoms with E-state index >= 15 is 0 Å². The van der Waals surface area contributed by atoms with Crippen LogP contribution in [-0.4, -0.2) is 37.0 Å². The summed E-state index contributed by atoms with van der Waals surface area (Å²) in [5, 5.41) is 3.40. The van der Waals surface area contributed by atoms with Crippen molar-refractivity contribution in [2.45, 2.75) is 32.6 Å². The normalized spacial score (nSPS) is 33.8. The van der Waals surface area contributed by atoms with Crippen LogP contribution >= 0.6 is 0 Å². The van der Waals surface area contributed by atoms with Gasteiger partial charge in [-0.3, -0.25) is 4.79 Å². The van der Waals surface area contributed by atoms with Crippen LogP contribution in [0.1, 0.15) is 32.6 Å². The third kappa shape index (κ3) is 2.71. The Kier molecular flexibility index (Phi) is 3.92. The van der Waals surface area contributed by atoms with Gasteiger partial charge >= 0.3 is 0 Å². The number of piperidine rings is 1. The Bertz CT molecular complexity index is 360. The van der Waals surface area contributed by atoms with E-state index in [9.17, 15) is 4.79 Å². The topological polar surface area (TPSA) is 32.3 Å². The van der Waals surface area contributed by atoms with Crippen LogP contribution in [0, 0.1) is 23.7 Å². The lowest BCUT2D eigenvalue weighted by Crippen LogP contribution is -2.42. The molecule has 2 fully saturated rings. The number of hydrogen-bond acceptors (Lipinski definition) is 2. The molecule has 1 amide bonds. The number of fused-ring (bicyclic) bond motifs is 2. The van der Waals surface area contributed by atoms with Crippen LogP contribution < -0.4 is 5.32 Å². The molecule has 3 atom stereocenters. The van der Waals surface area contributed by atoms with E-state index in [-0.39, 0.29) is 5.92 Å². The van der Waals surface area contributed by atoms with E-state index in [0.29, 0.717) is 23.7 Å². The first-order valence-electron chi connectivity index (χ1n) is 7.95. The number of nitrogens with zero attached hydrogens (tertiary/aromatic N) is 1. The van der Waals surface area contributed by atoms with Crippen molar-refractivity contribution in [2.24, 2.45) is 23.7 Å². The highest BCUT2D eigenvalue weighted by atomic mass is 16.2. The molecule has 1 saturated heterocycles. The lowest BCUT2D eigenvalue weighted by Gasteiger charge is -2.32. The Morgan fingerprint density at radius 1 is 1.26 bits per heavy atom. The number of allylic oxidation sites excluding steroid dienone is 2. The van der Waals surface area contributed by atoms with Gasteiger partial charge in [-0.25, -0.2) is 0 Å². The molecule has 3 heteroatoms. The van der Waals surface area contributed by atoms with Gasteiger partial charge in [-0.15, -0.1) is 0 Å². The standard InChI is InChI=1S/C16H26N2O/c1-2-18(11-12-5-7-17-8-6-12)16(19)15-10-13-3-4-14(15)9-13/h3-4,12-15,17H,2,5-11H2,1H3. The average molecular weight is 262 g/mol. The minimum absolute atomic E-state index is 0.289. The number of nitrogens with one attached hydrogen (secondary N) is 1. The first-order chi connectivity index (χ1) is 9.28. The van der Waals surface area contributed by atoms with Gasteiger partial charge in [0, 0.05) is 19.0 Å². The van der Waals surface area contributed by atoms with Gasteiger partial charge in [0.05, 0.1) is 0 Å². The summed E-state index contributed by atoms with van der Waals surface area (Å²) in [6.45, 7) is 6.22. The van der Waals surface area contributed by atoms with Gasteiger partial charge in [0.25, 0.3) is 0 Å². The Hall–Kier alpha value is -0.830. The fourth-order valence-corrected chi connectivity index (χ4v) is 4.05. The molecule has 0 aromatic rings. The number of amides is 1. The number of rotatable bonds is 4. The van der Waals surface area contributed by atoms with Crippen LogP contribution in [0.5, 0.6) is 0 Å². The molecule has 2 bridgehead atoms. The first-order valence-corrected chi connectivity index (χ1v) is 7.95. The quantitative estimate of drug-likeness (QED) is 0.786. The molecular formula is C16H26N2O. The fourth-order valence-electron chi connectivity index (χ4n) is 4.05. The maximum Gasteiger partial charge on any atom is 0.226 e. The van der Waals surface area contributed by atoms with Crippen LogP contribution in [0.2, 0.25) is 0 Å². The van der Waals surface area contributed by atoms with E-state index < -0.39 is 0 Å². The molecule has 0 aromatic carbocycles. The van der Waals surface area contributed by atoms with Gasteiger partial charge in [-0.2, -0.15) is 0 Å². The molecule has 3 unspecified atom stereocenters. The van der Waals surface area contributed by atoms with Crippen molar-refractivity contribution in [2.75, 3.05) is 26.2 Å². The Morgan fingerprint density at radius 3 is 2.63 bits per heavy atom. The van der Waals surface area contributed by atoms with Crippen molar-refractivity contribution in [3.63, 3.8) is 0 Å². The first kappa shape index (κ1) is 13.2. The summed E-state index contributed by atoms with van der Waals surface area (Å²) in [4.78, 5) is 14.9. The monoisotopic (exact) mass is 262 g/mol. The number of carbonyl (C=O) groups is 1. The summed E-state index contributed by atoms with van der Waals surface area (Å²) in [6, 6.07) is 0. The maximum absolute atomic E-state index is 12.7. The Labute approximate surface area is 116 Å². The van der Waals surface area contributed by atoms with Gasteiger partial charge in [0.1, 0.15) is 0 Å². The summed E-state index contributed by atoms with van der Waals surface area (Å²) in [6.07, 6.45) is 9.37. The van der Waals surface area contributed by atoms with Crippen LogP contribution in [0.3, 0.4) is 0 Å². The minimum Gasteiger partial charge on any atom is -0.342 e. The van der Waals surface area contributed by atoms with Crippen LogP contribution in [0.4, 0.5) is 0 Å². The largest absolute Gasteiger partial charge is 0.342 e. The van der Waals surface area contributed by atoms with Crippen molar-refractivity contribution < 1.29 is 4.79 Å². The molecule has 0 aromatic heterocycles. The second-order valence-corrected chi connectivity index (χ2v) is 6.46. The van der Waals surface area contributed by atoms with E-state index in [1.807, 2.05) is 0 Å². The van der Waals surface area contributed by atoms with Crippen molar-refractivity contribution in [1.82, 2.24) is 10.2 Å². The summed E-state index contributed by atoms with van der Waals surface area (Å²) >= 11 is 0. The van der Waals surface area contributed by atoms with Crippen LogP contribution in [0.25, 0.3) is 0 Å². The lowest BCUT2D eigenvalue weighted by molar-refractivity contribution is -0.136. The van der Waals surface area contributed by atoms with E-state index in [2.05, 4.69) is 29.3 Å². The van der Waals surface area contributed by atoms with E-state index in [1.54, 1.807) is 0 Å². The zero-order valence-corrected chi connectivity index (χ0v) is 12.0. The minimum atomic E-state index is 0.289. The molecule has 3 nitrogen and oxygen atoms in total. The van der Waals surface area contributed by atoms with Crippen molar-refractivity contribution in [3.8, 4) is 0 Å². The number of carbonyl (C=O) groups excluding carboxylic acids is 1. The lowest BCUT2D eigenvalue weighted by atomic mass is 9.91. The third-order valence-electron chi connectivity index (χ3n) is 5.23. The van der Waals surface area contributed by atoms with Gasteiger partial charge in [0.15, 0.2) is 0 Å². The zero-order chi connectivity index (χ0) is 13.2. The molecule has 1 N–H and O–H groups in total. The molecule has 19 heavy (non-hydrogen) atoms. The second-order valence-electron chi connectivity index (χ2n) is 6.46. The molecule has 1 aliphatic heterocycles. The number of hydrogen-bond donors (Lipinski definition) is 1. The van der Waals surface area contributed by atoms with Crippen LogP contribution in [-0.2, 0) is 4.79 Å². The van der Waals surface area contributed by atoms with Crippen LogP contribution in [0.15, 0.2) is 12.2 Å². The van der Waals surface area contributed by atoms with E-state index in [4.69, 9.17) is 0 Å². The maximum atomic E-state index is 12.7. The predicted octanol–water partition coefficient (Wildman–Crippen LogP) is 2.05. The molecule has 0 radical (unpaired) electrons. The van der Waals surface area contributed by atoms with Crippen molar-refractivity contribution in [3.05, 3.63) is 12.2 Å². The van der Waals surface area contributed by atoms with E-state index in [1.165, 1.54) is 19.3 Å². The Balaban J connectivity index is 1.58.